The minimum absolute atomic E-state index is 0.138. The molecule has 1 aliphatic heterocycles. The molecule has 1 saturated carbocycles. The summed E-state index contributed by atoms with van der Waals surface area (Å²) in [4.78, 5) is 19.8. The van der Waals surface area contributed by atoms with Crippen LogP contribution in [0, 0.1) is 5.41 Å². The van der Waals surface area contributed by atoms with Gasteiger partial charge in [-0.3, -0.25) is 0 Å². The van der Waals surface area contributed by atoms with Crippen LogP contribution in [0.4, 0.5) is 4.79 Å². The van der Waals surface area contributed by atoms with Gasteiger partial charge in [-0.15, -0.1) is 0 Å². The van der Waals surface area contributed by atoms with Crippen LogP contribution in [0.1, 0.15) is 38.7 Å². The van der Waals surface area contributed by atoms with Gasteiger partial charge in [-0.05, 0) is 55.9 Å². The standard InChI is InChI=1S/C25H35N3O2/c1-4-28(24(29)30-19-20-8-6-5-7-9-20)23-11-13-25(2)12-10-21(18-22(23)25)27-16-14-26(3)15-17-27/h5-10,18,23H,4,11-17,19H2,1-3H3/t23-,25?/m0/s1. The highest BCUT2D eigenvalue weighted by Gasteiger charge is 2.45. The Labute approximate surface area is 181 Å². The molecule has 1 aromatic rings. The fourth-order valence-corrected chi connectivity index (χ4v) is 5.08. The van der Waals surface area contributed by atoms with E-state index in [1.54, 1.807) is 0 Å². The van der Waals surface area contributed by atoms with Crippen molar-refractivity contribution < 1.29 is 9.53 Å². The molecule has 0 N–H and O–H groups in total. The molecule has 1 amide bonds. The molecule has 3 aliphatic rings. The van der Waals surface area contributed by atoms with Crippen molar-refractivity contribution in [2.75, 3.05) is 39.8 Å². The number of likely N-dealkylation sites (N-methyl/N-ethyl adjacent to an activating group) is 2. The molecular formula is C25H35N3O2. The molecule has 5 heteroatoms. The summed E-state index contributed by atoms with van der Waals surface area (Å²) >= 11 is 0. The van der Waals surface area contributed by atoms with Crippen LogP contribution >= 0.6 is 0 Å². The molecule has 2 atom stereocenters. The van der Waals surface area contributed by atoms with Gasteiger partial charge in [0, 0.05) is 38.4 Å². The van der Waals surface area contributed by atoms with Crippen molar-refractivity contribution in [1.82, 2.24) is 14.7 Å². The molecule has 0 aromatic heterocycles. The Balaban J connectivity index is 1.48. The maximum atomic E-state index is 13.0. The van der Waals surface area contributed by atoms with Crippen LogP contribution in [-0.2, 0) is 11.3 Å². The quantitative estimate of drug-likeness (QED) is 0.727. The van der Waals surface area contributed by atoms with Crippen LogP contribution < -0.4 is 0 Å². The van der Waals surface area contributed by atoms with Crippen molar-refractivity contribution in [3.63, 3.8) is 0 Å². The van der Waals surface area contributed by atoms with Gasteiger partial charge >= 0.3 is 6.09 Å². The van der Waals surface area contributed by atoms with E-state index in [9.17, 15) is 4.79 Å². The summed E-state index contributed by atoms with van der Waals surface area (Å²) in [5, 5.41) is 0. The Morgan fingerprint density at radius 3 is 2.63 bits per heavy atom. The molecule has 1 saturated heterocycles. The van der Waals surface area contributed by atoms with Gasteiger partial charge in [0.25, 0.3) is 0 Å². The monoisotopic (exact) mass is 409 g/mol. The minimum atomic E-state index is -0.202. The van der Waals surface area contributed by atoms with Crippen molar-refractivity contribution in [1.29, 1.82) is 0 Å². The number of allylic oxidation sites excluding steroid dienone is 2. The van der Waals surface area contributed by atoms with Crippen LogP contribution in [0.5, 0.6) is 0 Å². The second-order valence-corrected chi connectivity index (χ2v) is 9.16. The highest BCUT2D eigenvalue weighted by Crippen LogP contribution is 2.50. The lowest BCUT2D eigenvalue weighted by atomic mass is 9.77. The molecule has 2 fully saturated rings. The summed E-state index contributed by atoms with van der Waals surface area (Å²) in [5.74, 6) is 0. The summed E-state index contributed by atoms with van der Waals surface area (Å²) in [6.45, 7) is 9.76. The lowest BCUT2D eigenvalue weighted by Gasteiger charge is -2.39. The van der Waals surface area contributed by atoms with Crippen LogP contribution in [0.15, 0.2) is 53.8 Å². The number of hydrogen-bond acceptors (Lipinski definition) is 4. The van der Waals surface area contributed by atoms with E-state index in [2.05, 4.69) is 42.8 Å². The fourth-order valence-electron chi connectivity index (χ4n) is 5.08. The van der Waals surface area contributed by atoms with E-state index < -0.39 is 0 Å². The van der Waals surface area contributed by atoms with Crippen LogP contribution in [0.3, 0.4) is 0 Å². The number of fused-ring (bicyclic) bond motifs is 1. The van der Waals surface area contributed by atoms with Crippen molar-refractivity contribution in [2.45, 2.75) is 45.8 Å². The SMILES string of the molecule is CCN(C(=O)OCc1ccccc1)[C@H]1CCC2(C)CC=C(N3CCN(C)CC3)C=C12. The van der Waals surface area contributed by atoms with E-state index in [1.165, 1.54) is 11.3 Å². The first kappa shape index (κ1) is 21.0. The van der Waals surface area contributed by atoms with Crippen LogP contribution in [0.25, 0.3) is 0 Å². The van der Waals surface area contributed by atoms with E-state index in [0.717, 1.165) is 51.0 Å². The summed E-state index contributed by atoms with van der Waals surface area (Å²) in [6.07, 6.45) is 7.81. The Morgan fingerprint density at radius 2 is 1.93 bits per heavy atom. The average Bonchev–Trinajstić information content (AvgIpc) is 3.10. The van der Waals surface area contributed by atoms with E-state index in [1.807, 2.05) is 35.2 Å². The molecule has 1 unspecified atom stereocenters. The topological polar surface area (TPSA) is 36.0 Å². The summed E-state index contributed by atoms with van der Waals surface area (Å²) in [6, 6.07) is 10.0. The Kier molecular flexibility index (Phi) is 6.19. The van der Waals surface area contributed by atoms with Gasteiger partial charge in [0.05, 0.1) is 6.04 Å². The first-order chi connectivity index (χ1) is 14.5. The van der Waals surface area contributed by atoms with Crippen molar-refractivity contribution >= 4 is 6.09 Å². The number of benzene rings is 1. The van der Waals surface area contributed by atoms with E-state index in [0.29, 0.717) is 13.2 Å². The number of nitrogens with zero attached hydrogens (tertiary/aromatic N) is 3. The third-order valence-electron chi connectivity index (χ3n) is 7.12. The number of hydrogen-bond donors (Lipinski definition) is 0. The van der Waals surface area contributed by atoms with Gasteiger partial charge in [0.1, 0.15) is 6.61 Å². The third kappa shape index (κ3) is 4.27. The minimum Gasteiger partial charge on any atom is -0.445 e. The maximum Gasteiger partial charge on any atom is 0.410 e. The van der Waals surface area contributed by atoms with Gasteiger partial charge < -0.3 is 19.4 Å². The molecule has 1 aromatic carbocycles. The third-order valence-corrected chi connectivity index (χ3v) is 7.12. The molecule has 5 nitrogen and oxygen atoms in total. The molecule has 1 heterocycles. The highest BCUT2D eigenvalue weighted by molar-refractivity contribution is 5.69. The molecule has 0 bridgehead atoms. The molecule has 30 heavy (non-hydrogen) atoms. The molecule has 162 valence electrons. The predicted molar refractivity (Wildman–Crippen MR) is 120 cm³/mol. The first-order valence-corrected chi connectivity index (χ1v) is 11.3. The number of carbonyl (C=O) groups excluding carboxylic acids is 1. The smallest absolute Gasteiger partial charge is 0.410 e. The van der Waals surface area contributed by atoms with Crippen molar-refractivity contribution in [3.8, 4) is 0 Å². The molecule has 4 rings (SSSR count). The van der Waals surface area contributed by atoms with Crippen molar-refractivity contribution in [3.05, 3.63) is 59.3 Å². The summed E-state index contributed by atoms with van der Waals surface area (Å²) in [7, 11) is 2.19. The van der Waals surface area contributed by atoms with E-state index in [-0.39, 0.29) is 17.6 Å². The highest BCUT2D eigenvalue weighted by atomic mass is 16.6. The van der Waals surface area contributed by atoms with Crippen LogP contribution in [-0.4, -0.2) is 66.6 Å². The van der Waals surface area contributed by atoms with Crippen LogP contribution in [0.2, 0.25) is 0 Å². The number of ether oxygens (including phenoxy) is 1. The Hall–Kier alpha value is -2.27. The number of amides is 1. The predicted octanol–water partition coefficient (Wildman–Crippen LogP) is 4.28. The average molecular weight is 410 g/mol. The van der Waals surface area contributed by atoms with E-state index in [4.69, 9.17) is 4.74 Å². The van der Waals surface area contributed by atoms with Gasteiger partial charge in [0.2, 0.25) is 0 Å². The lowest BCUT2D eigenvalue weighted by Crippen LogP contribution is -2.45. The number of rotatable bonds is 5. The lowest BCUT2D eigenvalue weighted by molar-refractivity contribution is 0.0881. The first-order valence-electron chi connectivity index (χ1n) is 11.3. The van der Waals surface area contributed by atoms with Gasteiger partial charge in [-0.1, -0.05) is 43.3 Å². The largest absolute Gasteiger partial charge is 0.445 e. The van der Waals surface area contributed by atoms with E-state index >= 15 is 0 Å². The molecular weight excluding hydrogens is 374 g/mol. The fraction of sp³-hybridized carbons (Fsp3) is 0.560. The number of carbonyl (C=O) groups is 1. The van der Waals surface area contributed by atoms with Gasteiger partial charge in [0.15, 0.2) is 0 Å². The zero-order valence-electron chi connectivity index (χ0n) is 18.6. The second kappa shape index (κ2) is 8.84. The Morgan fingerprint density at radius 1 is 1.20 bits per heavy atom. The molecule has 0 radical (unpaired) electrons. The van der Waals surface area contributed by atoms with Crippen molar-refractivity contribution in [2.24, 2.45) is 5.41 Å². The number of piperazine rings is 1. The normalized spacial score (nSPS) is 26.6. The summed E-state index contributed by atoms with van der Waals surface area (Å²) in [5.41, 5.74) is 3.94. The second-order valence-electron chi connectivity index (χ2n) is 9.16. The van der Waals surface area contributed by atoms with Gasteiger partial charge in [-0.2, -0.15) is 0 Å². The zero-order valence-corrected chi connectivity index (χ0v) is 18.6. The Bertz CT molecular complexity index is 811. The maximum absolute atomic E-state index is 13.0. The zero-order chi connectivity index (χ0) is 21.1. The summed E-state index contributed by atoms with van der Waals surface area (Å²) < 4.78 is 5.69. The molecule has 2 aliphatic carbocycles. The molecule has 0 spiro atoms. The van der Waals surface area contributed by atoms with Gasteiger partial charge in [-0.25, -0.2) is 4.79 Å².